The molecule has 148 valence electrons. The van der Waals surface area contributed by atoms with Crippen LogP contribution in [0.3, 0.4) is 0 Å². The number of hydrogen-bond acceptors (Lipinski definition) is 7. The van der Waals surface area contributed by atoms with Crippen molar-refractivity contribution >= 4 is 40.2 Å². The van der Waals surface area contributed by atoms with Crippen molar-refractivity contribution < 1.29 is 14.6 Å². The van der Waals surface area contributed by atoms with Crippen molar-refractivity contribution in [3.63, 3.8) is 0 Å². The van der Waals surface area contributed by atoms with Crippen LogP contribution in [0.15, 0.2) is 36.4 Å². The van der Waals surface area contributed by atoms with E-state index < -0.39 is 15.9 Å². The Bertz CT molecular complexity index is 855. The number of rotatable bonds is 6. The Labute approximate surface area is 160 Å². The minimum atomic E-state index is -0.688. The van der Waals surface area contributed by atoms with E-state index in [2.05, 4.69) is 10.6 Å². The third-order valence-electron chi connectivity index (χ3n) is 3.81. The molecule has 0 aliphatic carbocycles. The minimum Gasteiger partial charge on any atom is -0.370 e. The number of anilines is 4. The summed E-state index contributed by atoms with van der Waals surface area (Å²) < 4.78 is 0. The molecule has 0 fully saturated rings. The highest BCUT2D eigenvalue weighted by molar-refractivity contribution is 6.05. The van der Waals surface area contributed by atoms with Crippen LogP contribution in [-0.4, -0.2) is 44.1 Å². The van der Waals surface area contributed by atoms with Crippen molar-refractivity contribution in [2.24, 2.45) is 0 Å². The number of hydrogen-bond donors (Lipinski definition) is 2. The zero-order chi connectivity index (χ0) is 21.0. The molecule has 2 N–H and O–H groups in total. The van der Waals surface area contributed by atoms with Crippen LogP contribution >= 0.6 is 0 Å². The average molecular weight is 388 g/mol. The molecule has 0 aromatic heterocycles. The quantitative estimate of drug-likeness (QED) is 0.573. The van der Waals surface area contributed by atoms with Gasteiger partial charge >= 0.3 is 6.03 Å². The first kappa shape index (κ1) is 20.4. The van der Waals surface area contributed by atoms with E-state index >= 15 is 0 Å². The molecule has 11 heteroatoms. The number of nitrogens with one attached hydrogen (secondary N) is 2. The van der Waals surface area contributed by atoms with Crippen molar-refractivity contribution in [1.82, 2.24) is 0 Å². The number of urea groups is 1. The summed E-state index contributed by atoms with van der Waals surface area (Å²) >= 11 is 0. The lowest BCUT2D eigenvalue weighted by Crippen LogP contribution is -2.23. The van der Waals surface area contributed by atoms with Gasteiger partial charge in [-0.25, -0.2) is 4.79 Å². The molecule has 0 atom stereocenters. The zero-order valence-electron chi connectivity index (χ0n) is 15.8. The van der Waals surface area contributed by atoms with Gasteiger partial charge in [-0.15, -0.1) is 0 Å². The van der Waals surface area contributed by atoms with E-state index in [-0.39, 0.29) is 34.1 Å². The van der Waals surface area contributed by atoms with Gasteiger partial charge in [-0.3, -0.25) is 20.2 Å². The molecular weight excluding hydrogens is 368 g/mol. The second kappa shape index (κ2) is 8.20. The van der Waals surface area contributed by atoms with Crippen LogP contribution in [0, 0.1) is 20.2 Å². The predicted octanol–water partition coefficient (Wildman–Crippen LogP) is 3.28. The molecular formula is C17H20N6O5. The molecule has 0 saturated carbocycles. The van der Waals surface area contributed by atoms with Crippen molar-refractivity contribution in [3.05, 3.63) is 56.6 Å². The number of amides is 2. The normalized spacial score (nSPS) is 10.1. The van der Waals surface area contributed by atoms with Gasteiger partial charge in [-0.2, -0.15) is 0 Å². The fourth-order valence-electron chi connectivity index (χ4n) is 2.77. The van der Waals surface area contributed by atoms with Gasteiger partial charge in [0.1, 0.15) is 11.4 Å². The van der Waals surface area contributed by atoms with E-state index in [0.29, 0.717) is 0 Å². The second-order valence-electron chi connectivity index (χ2n) is 6.23. The topological polar surface area (TPSA) is 134 Å². The number of carbonyl (C=O) groups excluding carboxylic acids is 1. The smallest absolute Gasteiger partial charge is 0.323 e. The highest BCUT2D eigenvalue weighted by Gasteiger charge is 2.23. The van der Waals surface area contributed by atoms with E-state index in [0.717, 1.165) is 0 Å². The van der Waals surface area contributed by atoms with Gasteiger partial charge in [0.15, 0.2) is 0 Å². The predicted molar refractivity (Wildman–Crippen MR) is 107 cm³/mol. The molecule has 2 rings (SSSR count). The van der Waals surface area contributed by atoms with E-state index in [4.69, 9.17) is 0 Å². The van der Waals surface area contributed by atoms with Crippen molar-refractivity contribution in [2.45, 2.75) is 0 Å². The standard InChI is InChI=1S/C17H20N6O5/c1-20(2)15-11(7-5-9-13(15)22(25)26)18-17(24)19-12-8-6-10-14(23(27)28)16(12)21(3)4/h5-10H,1-4H3,(H2,18,19,24). The maximum Gasteiger partial charge on any atom is 0.323 e. The summed E-state index contributed by atoms with van der Waals surface area (Å²) in [4.78, 5) is 37.0. The van der Waals surface area contributed by atoms with Crippen molar-refractivity contribution in [2.75, 3.05) is 48.6 Å². The molecule has 0 saturated heterocycles. The second-order valence-corrected chi connectivity index (χ2v) is 6.23. The Hall–Kier alpha value is -3.89. The minimum absolute atomic E-state index is 0.160. The number of benzene rings is 2. The Morgan fingerprint density at radius 1 is 0.786 bits per heavy atom. The van der Waals surface area contributed by atoms with Gasteiger partial charge in [0, 0.05) is 40.3 Å². The summed E-state index contributed by atoms with van der Waals surface area (Å²) in [6.07, 6.45) is 0. The summed E-state index contributed by atoms with van der Waals surface area (Å²) in [6.45, 7) is 0. The van der Waals surface area contributed by atoms with Gasteiger partial charge in [-0.1, -0.05) is 12.1 Å². The Kier molecular flexibility index (Phi) is 5.98. The first-order valence-electron chi connectivity index (χ1n) is 8.11. The molecule has 2 aromatic carbocycles. The molecule has 0 aliphatic rings. The largest absolute Gasteiger partial charge is 0.370 e. The van der Waals surface area contributed by atoms with Crippen LogP contribution in [-0.2, 0) is 0 Å². The number of nitro groups is 2. The van der Waals surface area contributed by atoms with Gasteiger partial charge in [0.05, 0.1) is 21.2 Å². The fraction of sp³-hybridized carbons (Fsp3) is 0.235. The summed E-state index contributed by atoms with van der Waals surface area (Å²) in [7, 11) is 6.48. The average Bonchev–Trinajstić information content (AvgIpc) is 2.60. The third kappa shape index (κ3) is 4.26. The summed E-state index contributed by atoms with van der Waals surface area (Å²) in [5, 5.41) is 27.6. The van der Waals surface area contributed by atoms with E-state index in [9.17, 15) is 25.0 Å². The van der Waals surface area contributed by atoms with E-state index in [1.807, 2.05) is 0 Å². The molecule has 2 aromatic rings. The molecule has 0 heterocycles. The fourth-order valence-corrected chi connectivity index (χ4v) is 2.77. The maximum atomic E-state index is 12.5. The van der Waals surface area contributed by atoms with Gasteiger partial charge < -0.3 is 20.4 Å². The van der Waals surface area contributed by atoms with Gasteiger partial charge in [0.25, 0.3) is 11.4 Å². The summed E-state index contributed by atoms with van der Waals surface area (Å²) in [5.41, 5.74) is 0.602. The molecule has 0 spiro atoms. The molecule has 2 amide bonds. The van der Waals surface area contributed by atoms with Crippen molar-refractivity contribution in [1.29, 1.82) is 0 Å². The lowest BCUT2D eigenvalue weighted by Gasteiger charge is -2.20. The first-order chi connectivity index (χ1) is 13.1. The molecule has 0 bridgehead atoms. The molecule has 0 unspecified atom stereocenters. The number of carbonyl (C=O) groups is 1. The van der Waals surface area contributed by atoms with Gasteiger partial charge in [-0.05, 0) is 12.1 Å². The molecule has 28 heavy (non-hydrogen) atoms. The van der Waals surface area contributed by atoms with E-state index in [1.165, 1.54) is 46.2 Å². The molecule has 11 nitrogen and oxygen atoms in total. The lowest BCUT2D eigenvalue weighted by molar-refractivity contribution is -0.384. The monoisotopic (exact) mass is 388 g/mol. The van der Waals surface area contributed by atoms with Crippen molar-refractivity contribution in [3.8, 4) is 0 Å². The summed E-state index contributed by atoms with van der Waals surface area (Å²) in [5.74, 6) is 0. The SMILES string of the molecule is CN(C)c1c(NC(=O)Nc2cccc([N+](=O)[O-])c2N(C)C)cccc1[N+](=O)[O-]. The maximum absolute atomic E-state index is 12.5. The number of para-hydroxylation sites is 2. The Morgan fingerprint density at radius 3 is 1.43 bits per heavy atom. The van der Waals surface area contributed by atoms with Crippen LogP contribution in [0.25, 0.3) is 0 Å². The molecule has 0 aliphatic heterocycles. The van der Waals surface area contributed by atoms with Crippen LogP contribution in [0.1, 0.15) is 0 Å². The number of nitrogens with zero attached hydrogens (tertiary/aromatic N) is 4. The van der Waals surface area contributed by atoms with Crippen LogP contribution in [0.2, 0.25) is 0 Å². The molecule has 0 radical (unpaired) electrons. The first-order valence-corrected chi connectivity index (χ1v) is 8.11. The summed E-state index contributed by atoms with van der Waals surface area (Å²) in [6, 6.07) is 7.96. The van der Waals surface area contributed by atoms with Crippen LogP contribution in [0.4, 0.5) is 38.9 Å². The van der Waals surface area contributed by atoms with Crippen LogP contribution < -0.4 is 20.4 Å². The highest BCUT2D eigenvalue weighted by Crippen LogP contribution is 2.36. The van der Waals surface area contributed by atoms with Crippen LogP contribution in [0.5, 0.6) is 0 Å². The lowest BCUT2D eigenvalue weighted by atomic mass is 10.2. The highest BCUT2D eigenvalue weighted by atomic mass is 16.6. The zero-order valence-corrected chi connectivity index (χ0v) is 15.8. The Balaban J connectivity index is 2.37. The van der Waals surface area contributed by atoms with Gasteiger partial charge in [0.2, 0.25) is 0 Å². The number of nitro benzene ring substituents is 2. The Morgan fingerprint density at radius 2 is 1.14 bits per heavy atom. The van der Waals surface area contributed by atoms with E-state index in [1.54, 1.807) is 28.2 Å². The third-order valence-corrected chi connectivity index (χ3v) is 3.81.